The van der Waals surface area contributed by atoms with E-state index in [0.29, 0.717) is 12.4 Å². The fraction of sp³-hybridized carbons (Fsp3) is 0.214. The van der Waals surface area contributed by atoms with Gasteiger partial charge < -0.3 is 4.74 Å². The molecule has 0 amide bonds. The number of aromatic nitrogens is 1. The average Bonchev–Trinajstić information content (AvgIpc) is 2.38. The van der Waals surface area contributed by atoms with Gasteiger partial charge in [-0.1, -0.05) is 39.1 Å². The number of nitrogens with zero attached hydrogens (tertiary/aromatic N) is 1. The zero-order valence-electron chi connectivity index (χ0n) is 10.0. The molecule has 86 valence electrons. The predicted octanol–water partition coefficient (Wildman–Crippen LogP) is 3.88. The van der Waals surface area contributed by atoms with E-state index in [0.717, 1.165) is 5.69 Å². The van der Waals surface area contributed by atoms with Gasteiger partial charge in [-0.2, -0.15) is 0 Å². The molecule has 0 fully saturated rings. The summed E-state index contributed by atoms with van der Waals surface area (Å²) in [6.07, 6.45) is 6.81. The summed E-state index contributed by atoms with van der Waals surface area (Å²) in [5.74, 6) is 0.700. The van der Waals surface area contributed by atoms with Crippen molar-refractivity contribution in [1.29, 1.82) is 0 Å². The maximum atomic E-state index is 5.43. The summed E-state index contributed by atoms with van der Waals surface area (Å²) in [4.78, 5) is 4.13. The summed E-state index contributed by atoms with van der Waals surface area (Å²) in [5, 5.41) is 0. The van der Waals surface area contributed by atoms with Crippen LogP contribution in [0.4, 0.5) is 0 Å². The van der Waals surface area contributed by atoms with Gasteiger partial charge in [-0.15, -0.1) is 0 Å². The van der Waals surface area contributed by atoms with Crippen molar-refractivity contribution in [3.8, 4) is 0 Å². The molecule has 2 nitrogen and oxygen atoms in total. The fourth-order valence-corrected chi connectivity index (χ4v) is 0.932. The molecular weight excluding hydrogens is 198 g/mol. The molecule has 0 saturated heterocycles. The van der Waals surface area contributed by atoms with Gasteiger partial charge in [0.05, 0.1) is 5.69 Å². The van der Waals surface area contributed by atoms with E-state index in [4.69, 9.17) is 4.74 Å². The Morgan fingerprint density at radius 2 is 2.12 bits per heavy atom. The lowest BCUT2D eigenvalue weighted by atomic mass is 10.3. The van der Waals surface area contributed by atoms with Gasteiger partial charge in [0.2, 0.25) is 0 Å². The molecular formula is C14H19NO. The third-order valence-corrected chi connectivity index (χ3v) is 1.60. The van der Waals surface area contributed by atoms with Crippen LogP contribution in [0.5, 0.6) is 0 Å². The molecule has 0 unspecified atom stereocenters. The van der Waals surface area contributed by atoms with Crippen molar-refractivity contribution in [3.63, 3.8) is 0 Å². The highest BCUT2D eigenvalue weighted by atomic mass is 16.5. The van der Waals surface area contributed by atoms with Crippen molar-refractivity contribution in [2.45, 2.75) is 20.5 Å². The van der Waals surface area contributed by atoms with Crippen LogP contribution in [0.15, 0.2) is 61.5 Å². The van der Waals surface area contributed by atoms with Crippen LogP contribution in [0.2, 0.25) is 0 Å². The van der Waals surface area contributed by atoms with Gasteiger partial charge in [-0.3, -0.25) is 4.98 Å². The van der Waals surface area contributed by atoms with Crippen LogP contribution in [0.25, 0.3) is 0 Å². The second kappa shape index (κ2) is 9.71. The maximum absolute atomic E-state index is 5.43. The molecule has 1 rings (SSSR count). The molecule has 0 N–H and O–H groups in total. The highest BCUT2D eigenvalue weighted by molar-refractivity contribution is 5.15. The van der Waals surface area contributed by atoms with E-state index in [-0.39, 0.29) is 0 Å². The molecule has 0 aliphatic rings. The van der Waals surface area contributed by atoms with Crippen LogP contribution in [-0.2, 0) is 11.3 Å². The molecule has 0 aromatic carbocycles. The van der Waals surface area contributed by atoms with Crippen molar-refractivity contribution in [1.82, 2.24) is 4.98 Å². The molecule has 1 aromatic heterocycles. The Hall–Kier alpha value is -1.83. The van der Waals surface area contributed by atoms with Gasteiger partial charge in [-0.25, -0.2) is 0 Å². The fourth-order valence-electron chi connectivity index (χ4n) is 0.932. The van der Waals surface area contributed by atoms with Crippen LogP contribution >= 0.6 is 0 Å². The smallest absolute Gasteiger partial charge is 0.130 e. The van der Waals surface area contributed by atoms with Crippen molar-refractivity contribution in [2.75, 3.05) is 0 Å². The second-order valence-corrected chi connectivity index (χ2v) is 2.62. The lowest BCUT2D eigenvalue weighted by molar-refractivity contribution is 0.207. The Kier molecular flexibility index (Phi) is 8.60. The zero-order valence-corrected chi connectivity index (χ0v) is 10.0. The van der Waals surface area contributed by atoms with Crippen molar-refractivity contribution in [3.05, 3.63) is 67.2 Å². The third-order valence-electron chi connectivity index (χ3n) is 1.60. The van der Waals surface area contributed by atoms with Gasteiger partial charge in [0.15, 0.2) is 0 Å². The van der Waals surface area contributed by atoms with E-state index in [1.165, 1.54) is 0 Å². The highest BCUT2D eigenvalue weighted by Crippen LogP contribution is 2.04. The largest absolute Gasteiger partial charge is 0.487 e. The van der Waals surface area contributed by atoms with Crippen LogP contribution in [-0.4, -0.2) is 4.98 Å². The molecule has 16 heavy (non-hydrogen) atoms. The second-order valence-electron chi connectivity index (χ2n) is 2.62. The van der Waals surface area contributed by atoms with E-state index in [1.807, 2.05) is 32.0 Å². The Bertz CT molecular complexity index is 328. The lowest BCUT2D eigenvalue weighted by Crippen LogP contribution is -1.93. The Morgan fingerprint density at radius 3 is 2.62 bits per heavy atom. The Balaban J connectivity index is 0.00000106. The third kappa shape index (κ3) is 5.81. The molecule has 0 radical (unpaired) electrons. The summed E-state index contributed by atoms with van der Waals surface area (Å²) in [6, 6.07) is 5.71. The predicted molar refractivity (Wildman–Crippen MR) is 68.9 cm³/mol. The van der Waals surface area contributed by atoms with Crippen molar-refractivity contribution >= 4 is 0 Å². The number of hydrogen-bond donors (Lipinski definition) is 0. The van der Waals surface area contributed by atoms with E-state index in [1.54, 1.807) is 24.4 Å². The van der Waals surface area contributed by atoms with E-state index >= 15 is 0 Å². The topological polar surface area (TPSA) is 22.1 Å². The quantitative estimate of drug-likeness (QED) is 0.551. The van der Waals surface area contributed by atoms with E-state index in [2.05, 4.69) is 18.1 Å². The van der Waals surface area contributed by atoms with Gasteiger partial charge >= 0.3 is 0 Å². The van der Waals surface area contributed by atoms with Gasteiger partial charge in [0, 0.05) is 6.20 Å². The lowest BCUT2D eigenvalue weighted by Gasteiger charge is -2.04. The SMILES string of the molecule is C=C/C=C(\C=C)OCc1ccccn1.CC. The minimum atomic E-state index is 0.451. The van der Waals surface area contributed by atoms with E-state index in [9.17, 15) is 0 Å². The minimum absolute atomic E-state index is 0.451. The van der Waals surface area contributed by atoms with Gasteiger partial charge in [-0.05, 0) is 24.3 Å². The molecule has 0 aliphatic carbocycles. The number of allylic oxidation sites excluding steroid dienone is 3. The van der Waals surface area contributed by atoms with Gasteiger partial charge in [0.25, 0.3) is 0 Å². The van der Waals surface area contributed by atoms with Crippen LogP contribution in [0.1, 0.15) is 19.5 Å². The normalized spacial score (nSPS) is 9.75. The standard InChI is InChI=1S/C12H13NO.C2H6/c1-3-7-12(4-2)14-10-11-8-5-6-9-13-11;1-2/h3-9H,1-2,10H2;1-2H3/b12-7+;. The number of pyridine rings is 1. The number of ether oxygens (including phenoxy) is 1. The van der Waals surface area contributed by atoms with Gasteiger partial charge in [0.1, 0.15) is 12.4 Å². The first kappa shape index (κ1) is 14.2. The maximum Gasteiger partial charge on any atom is 0.130 e. The molecule has 0 spiro atoms. The molecule has 2 heteroatoms. The number of rotatable bonds is 5. The highest BCUT2D eigenvalue weighted by Gasteiger charge is 1.94. The van der Waals surface area contributed by atoms with Crippen molar-refractivity contribution in [2.24, 2.45) is 0 Å². The summed E-state index contributed by atoms with van der Waals surface area (Å²) in [6.45, 7) is 11.7. The monoisotopic (exact) mass is 217 g/mol. The Labute approximate surface area is 98.0 Å². The molecule has 0 atom stereocenters. The first-order chi connectivity index (χ1) is 7.86. The summed E-state index contributed by atoms with van der Waals surface area (Å²) >= 11 is 0. The number of hydrogen-bond acceptors (Lipinski definition) is 2. The molecule has 1 heterocycles. The average molecular weight is 217 g/mol. The summed E-state index contributed by atoms with van der Waals surface area (Å²) in [5.41, 5.74) is 0.893. The van der Waals surface area contributed by atoms with Crippen LogP contribution in [0.3, 0.4) is 0 Å². The molecule has 0 saturated carbocycles. The molecule has 1 aromatic rings. The first-order valence-electron chi connectivity index (χ1n) is 5.34. The van der Waals surface area contributed by atoms with Crippen molar-refractivity contribution < 1.29 is 4.74 Å². The molecule has 0 bridgehead atoms. The molecule has 0 aliphatic heterocycles. The first-order valence-corrected chi connectivity index (χ1v) is 5.34. The van der Waals surface area contributed by atoms with Crippen LogP contribution in [0, 0.1) is 0 Å². The summed E-state index contributed by atoms with van der Waals surface area (Å²) < 4.78 is 5.43. The summed E-state index contributed by atoms with van der Waals surface area (Å²) in [7, 11) is 0. The Morgan fingerprint density at radius 1 is 1.38 bits per heavy atom. The minimum Gasteiger partial charge on any atom is -0.487 e. The van der Waals surface area contributed by atoms with Crippen LogP contribution < -0.4 is 0 Å². The van der Waals surface area contributed by atoms with E-state index < -0.39 is 0 Å². The zero-order chi connectivity index (χ0) is 12.2.